The predicted molar refractivity (Wildman–Crippen MR) is 240 cm³/mol. The maximum atomic E-state index is 6.52. The van der Waals surface area contributed by atoms with Crippen LogP contribution >= 0.6 is 0 Å². The van der Waals surface area contributed by atoms with Crippen LogP contribution in [0.3, 0.4) is 0 Å². The fraction of sp³-hybridized carbons (Fsp3) is 0.547. The van der Waals surface area contributed by atoms with E-state index in [1.807, 2.05) is 6.07 Å². The molecule has 0 spiro atoms. The normalized spacial score (nSPS) is 12.8. The molecule has 57 heavy (non-hydrogen) atoms. The first-order valence-electron chi connectivity index (χ1n) is 23.0. The fourth-order valence-corrected chi connectivity index (χ4v) is 9.15. The lowest BCUT2D eigenvalue weighted by Gasteiger charge is -2.33. The molecule has 3 aromatic carbocycles. The number of oxazole rings is 2. The Kier molecular flexibility index (Phi) is 15.9. The van der Waals surface area contributed by atoms with Crippen molar-refractivity contribution in [2.75, 3.05) is 0 Å². The van der Waals surface area contributed by atoms with E-state index in [9.17, 15) is 0 Å². The van der Waals surface area contributed by atoms with Gasteiger partial charge in [-0.3, -0.25) is 0 Å². The third kappa shape index (κ3) is 10.4. The van der Waals surface area contributed by atoms with Crippen LogP contribution in [0.4, 0.5) is 0 Å². The molecule has 2 aromatic heterocycles. The number of hydrogen-bond acceptors (Lipinski definition) is 4. The maximum absolute atomic E-state index is 6.52. The number of terminal acetylenes is 1. The topological polar surface area (TPSA) is 52.1 Å². The summed E-state index contributed by atoms with van der Waals surface area (Å²) in [5, 5.41) is 0. The van der Waals surface area contributed by atoms with Gasteiger partial charge in [0.15, 0.2) is 22.9 Å². The molecule has 0 fully saturated rings. The Morgan fingerprint density at radius 2 is 1.05 bits per heavy atom. The van der Waals surface area contributed by atoms with Gasteiger partial charge in [-0.15, -0.1) is 6.42 Å². The molecule has 0 unspecified atom stereocenters. The lowest BCUT2D eigenvalue weighted by molar-refractivity contribution is 0.397. The Labute approximate surface area is 344 Å². The van der Waals surface area contributed by atoms with Gasteiger partial charge in [-0.2, -0.15) is 0 Å². The van der Waals surface area contributed by atoms with Gasteiger partial charge in [-0.1, -0.05) is 173 Å². The Balaban J connectivity index is 1.39. The standard InChI is InChI=1S/C53H68N2O2/c1-6-11-15-19-21-25-35-53(36-26-22-20-16-12-7-2)45-37-40(10-5)29-32-42(45)43-33-30-41(38-46(43)53)31-34-44-51-48(56-50(55-51)28-24-18-14-9-4)39-47-52(44)57-49(54-47)27-23-17-13-8-3/h5,29-30,32-33,37-39H,6-9,11-28,35-36H2,1-4H3. The quantitative estimate of drug-likeness (QED) is 0.0464. The van der Waals surface area contributed by atoms with Gasteiger partial charge in [-0.05, 0) is 72.2 Å². The Morgan fingerprint density at radius 1 is 0.544 bits per heavy atom. The summed E-state index contributed by atoms with van der Waals surface area (Å²) in [6.07, 6.45) is 34.8. The molecule has 0 saturated heterocycles. The summed E-state index contributed by atoms with van der Waals surface area (Å²) in [7, 11) is 0. The summed E-state index contributed by atoms with van der Waals surface area (Å²) in [4.78, 5) is 9.98. The predicted octanol–water partition coefficient (Wildman–Crippen LogP) is 15.4. The molecule has 2 heterocycles. The molecule has 6 rings (SSSR count). The Hall–Kier alpha value is -4.28. The van der Waals surface area contributed by atoms with Gasteiger partial charge in [0, 0.05) is 35.4 Å². The van der Waals surface area contributed by atoms with Crippen molar-refractivity contribution in [1.82, 2.24) is 9.97 Å². The fourth-order valence-electron chi connectivity index (χ4n) is 9.15. The SMILES string of the molecule is C#Cc1ccc2c(c1)C(CCCCCCCC)(CCCCCCCC)c1cc(C#Cc3c4nc(CCCCCC)oc4cc4nc(CCCCCC)oc34)ccc1-2. The highest BCUT2D eigenvalue weighted by molar-refractivity contribution is 5.97. The van der Waals surface area contributed by atoms with Crippen LogP contribution in [0.5, 0.6) is 0 Å². The van der Waals surface area contributed by atoms with Crippen LogP contribution in [0.25, 0.3) is 33.3 Å². The van der Waals surface area contributed by atoms with Gasteiger partial charge in [-0.25, -0.2) is 9.97 Å². The first-order chi connectivity index (χ1) is 28.0. The Bertz CT molecular complexity index is 2070. The van der Waals surface area contributed by atoms with Crippen LogP contribution in [-0.4, -0.2) is 9.97 Å². The number of unbranched alkanes of at least 4 members (excludes halogenated alkanes) is 16. The number of fused-ring (bicyclic) bond motifs is 5. The second-order valence-corrected chi connectivity index (χ2v) is 16.8. The van der Waals surface area contributed by atoms with Gasteiger partial charge in [0.1, 0.15) is 11.0 Å². The minimum absolute atomic E-state index is 0.0750. The van der Waals surface area contributed by atoms with Crippen LogP contribution < -0.4 is 0 Å². The van der Waals surface area contributed by atoms with Gasteiger partial charge in [0.05, 0.1) is 5.56 Å². The third-order valence-electron chi connectivity index (χ3n) is 12.4. The summed E-state index contributed by atoms with van der Waals surface area (Å²) in [6.45, 7) is 9.08. The van der Waals surface area contributed by atoms with Crippen LogP contribution in [0, 0.1) is 24.2 Å². The maximum Gasteiger partial charge on any atom is 0.195 e. The summed E-state index contributed by atoms with van der Waals surface area (Å²) in [6, 6.07) is 15.7. The highest BCUT2D eigenvalue weighted by Gasteiger charge is 2.42. The van der Waals surface area contributed by atoms with E-state index in [0.29, 0.717) is 0 Å². The van der Waals surface area contributed by atoms with E-state index in [0.717, 1.165) is 89.2 Å². The number of aryl methyl sites for hydroxylation is 2. The van der Waals surface area contributed by atoms with Gasteiger partial charge >= 0.3 is 0 Å². The van der Waals surface area contributed by atoms with Gasteiger partial charge in [0.25, 0.3) is 0 Å². The zero-order valence-electron chi connectivity index (χ0n) is 35.8. The van der Waals surface area contributed by atoms with E-state index in [1.165, 1.54) is 138 Å². The molecule has 0 radical (unpaired) electrons. The van der Waals surface area contributed by atoms with E-state index in [-0.39, 0.29) is 5.41 Å². The highest BCUT2D eigenvalue weighted by atomic mass is 16.4. The number of hydrogen-bond donors (Lipinski definition) is 0. The number of aromatic nitrogens is 2. The van der Waals surface area contributed by atoms with Crippen molar-refractivity contribution in [2.24, 2.45) is 0 Å². The van der Waals surface area contributed by atoms with Crippen molar-refractivity contribution in [2.45, 2.75) is 187 Å². The minimum atomic E-state index is -0.0750. The first kappa shape index (κ1) is 42.3. The van der Waals surface area contributed by atoms with E-state index in [4.69, 9.17) is 25.2 Å². The number of nitrogens with zero attached hydrogens (tertiary/aromatic N) is 2. The summed E-state index contributed by atoms with van der Waals surface area (Å²) < 4.78 is 12.9. The molecule has 0 atom stereocenters. The summed E-state index contributed by atoms with van der Waals surface area (Å²) >= 11 is 0. The lowest BCUT2D eigenvalue weighted by Crippen LogP contribution is -2.26. The van der Waals surface area contributed by atoms with Crippen molar-refractivity contribution in [3.05, 3.63) is 82.1 Å². The number of benzene rings is 3. The average molecular weight is 765 g/mol. The molecule has 0 N–H and O–H groups in total. The van der Waals surface area contributed by atoms with Crippen molar-refractivity contribution >= 4 is 22.2 Å². The smallest absolute Gasteiger partial charge is 0.195 e. The van der Waals surface area contributed by atoms with Crippen LogP contribution in [-0.2, 0) is 18.3 Å². The molecule has 0 amide bonds. The van der Waals surface area contributed by atoms with Crippen molar-refractivity contribution < 1.29 is 8.83 Å². The van der Waals surface area contributed by atoms with E-state index < -0.39 is 0 Å². The molecule has 1 aliphatic carbocycles. The monoisotopic (exact) mass is 765 g/mol. The first-order valence-corrected chi connectivity index (χ1v) is 23.0. The summed E-state index contributed by atoms with van der Waals surface area (Å²) in [5.41, 5.74) is 11.3. The number of rotatable bonds is 24. The summed E-state index contributed by atoms with van der Waals surface area (Å²) in [5.74, 6) is 11.7. The second-order valence-electron chi connectivity index (χ2n) is 16.8. The molecule has 0 bridgehead atoms. The lowest BCUT2D eigenvalue weighted by atomic mass is 9.70. The molecule has 5 aromatic rings. The molecule has 4 nitrogen and oxygen atoms in total. The molecule has 1 aliphatic rings. The van der Waals surface area contributed by atoms with Gasteiger partial charge in [0.2, 0.25) is 0 Å². The average Bonchev–Trinajstić information content (AvgIpc) is 3.91. The van der Waals surface area contributed by atoms with E-state index >= 15 is 0 Å². The molecular formula is C53H68N2O2. The minimum Gasteiger partial charge on any atom is -0.441 e. The third-order valence-corrected chi connectivity index (χ3v) is 12.4. The largest absolute Gasteiger partial charge is 0.441 e. The van der Waals surface area contributed by atoms with Crippen molar-refractivity contribution in [1.29, 1.82) is 0 Å². The zero-order chi connectivity index (χ0) is 39.9. The Morgan fingerprint density at radius 3 is 1.63 bits per heavy atom. The molecule has 0 saturated carbocycles. The molecule has 4 heteroatoms. The van der Waals surface area contributed by atoms with E-state index in [1.54, 1.807) is 0 Å². The van der Waals surface area contributed by atoms with Crippen molar-refractivity contribution in [3.8, 4) is 35.3 Å². The second kappa shape index (κ2) is 21.5. The van der Waals surface area contributed by atoms with Gasteiger partial charge < -0.3 is 8.83 Å². The molecule has 302 valence electrons. The highest BCUT2D eigenvalue weighted by Crippen LogP contribution is 2.54. The van der Waals surface area contributed by atoms with Crippen LogP contribution in [0.2, 0.25) is 0 Å². The van der Waals surface area contributed by atoms with E-state index in [2.05, 4.69) is 81.9 Å². The van der Waals surface area contributed by atoms with Crippen LogP contribution in [0.15, 0.2) is 51.3 Å². The van der Waals surface area contributed by atoms with Crippen LogP contribution in [0.1, 0.15) is 209 Å². The van der Waals surface area contributed by atoms with Crippen molar-refractivity contribution in [3.63, 3.8) is 0 Å². The molecular weight excluding hydrogens is 697 g/mol. The molecule has 0 aliphatic heterocycles. The zero-order valence-corrected chi connectivity index (χ0v) is 35.8.